The van der Waals surface area contributed by atoms with E-state index in [1.54, 1.807) is 12.1 Å². The summed E-state index contributed by atoms with van der Waals surface area (Å²) >= 11 is 7.63. The number of carbonyl (C=O) groups is 1. The Kier molecular flexibility index (Phi) is 7.59. The van der Waals surface area contributed by atoms with Crippen LogP contribution in [0.2, 0.25) is 5.02 Å². The fourth-order valence-electron chi connectivity index (χ4n) is 2.47. The van der Waals surface area contributed by atoms with Gasteiger partial charge in [-0.3, -0.25) is 4.79 Å². The molecule has 2 rings (SSSR count). The third-order valence-corrected chi connectivity index (χ3v) is 5.96. The van der Waals surface area contributed by atoms with Crippen molar-refractivity contribution in [3.8, 4) is 0 Å². The smallest absolute Gasteiger partial charge is 0.255 e. The van der Waals surface area contributed by atoms with Crippen molar-refractivity contribution in [2.24, 2.45) is 5.92 Å². The van der Waals surface area contributed by atoms with Gasteiger partial charge in [0.25, 0.3) is 5.91 Å². The van der Waals surface area contributed by atoms with Crippen LogP contribution in [0.4, 0.5) is 18.9 Å². The molecule has 1 amide bonds. The van der Waals surface area contributed by atoms with Gasteiger partial charge in [0.15, 0.2) is 17.5 Å². The summed E-state index contributed by atoms with van der Waals surface area (Å²) in [6, 6.07) is 6.01. The first-order valence-corrected chi connectivity index (χ1v) is 9.55. The molecule has 0 spiro atoms. The van der Waals surface area contributed by atoms with Gasteiger partial charge in [-0.2, -0.15) is 0 Å². The number of nitrogens with one attached hydrogen (secondary N) is 1. The van der Waals surface area contributed by atoms with Crippen LogP contribution in [-0.4, -0.2) is 22.9 Å². The summed E-state index contributed by atoms with van der Waals surface area (Å²) in [5.74, 6) is -4.90. The minimum atomic E-state index is -1.60. The van der Waals surface area contributed by atoms with E-state index in [1.165, 1.54) is 17.8 Å². The van der Waals surface area contributed by atoms with Gasteiger partial charge in [0, 0.05) is 40.1 Å². The van der Waals surface area contributed by atoms with Crippen molar-refractivity contribution < 1.29 is 23.1 Å². The monoisotopic (exact) mass is 417 g/mol. The second kappa shape index (κ2) is 9.48. The topological polar surface area (TPSA) is 49.3 Å². The highest BCUT2D eigenvalue weighted by molar-refractivity contribution is 8.00. The number of halogens is 4. The molecule has 0 heterocycles. The summed E-state index contributed by atoms with van der Waals surface area (Å²) in [6.07, 6.45) is 0.796. The number of rotatable bonds is 7. The molecule has 27 heavy (non-hydrogen) atoms. The number of hydrogen-bond donors (Lipinski definition) is 2. The average Bonchev–Trinajstić information content (AvgIpc) is 2.62. The Morgan fingerprint density at radius 2 is 1.85 bits per heavy atom. The lowest BCUT2D eigenvalue weighted by atomic mass is 10.1. The maximum atomic E-state index is 13.3. The summed E-state index contributed by atoms with van der Waals surface area (Å²) in [5, 5.41) is 12.3. The number of thioether (sulfide) groups is 1. The van der Waals surface area contributed by atoms with Gasteiger partial charge in [-0.25, -0.2) is 13.2 Å². The molecule has 0 saturated carbocycles. The first kappa shape index (κ1) is 21.6. The van der Waals surface area contributed by atoms with E-state index in [0.29, 0.717) is 22.1 Å². The van der Waals surface area contributed by atoms with Gasteiger partial charge < -0.3 is 10.4 Å². The Morgan fingerprint density at radius 3 is 2.41 bits per heavy atom. The number of aliphatic hydroxyl groups excluding tert-OH is 1. The zero-order valence-electron chi connectivity index (χ0n) is 14.7. The first-order chi connectivity index (χ1) is 12.8. The molecular formula is C19H19ClF3NO2S. The van der Waals surface area contributed by atoms with Gasteiger partial charge in [-0.05, 0) is 24.1 Å². The summed E-state index contributed by atoms with van der Waals surface area (Å²) in [5.41, 5.74) is 0.0385. The molecule has 0 aliphatic carbocycles. The maximum Gasteiger partial charge on any atom is 0.255 e. The fourth-order valence-corrected chi connectivity index (χ4v) is 3.97. The third kappa shape index (κ3) is 5.40. The summed E-state index contributed by atoms with van der Waals surface area (Å²) < 4.78 is 39.6. The molecule has 0 fully saturated rings. The van der Waals surface area contributed by atoms with E-state index in [0.717, 1.165) is 6.42 Å². The Bertz CT molecular complexity index is 808. The molecule has 146 valence electrons. The molecule has 2 unspecified atom stereocenters. The Balaban J connectivity index is 2.20. The van der Waals surface area contributed by atoms with Crippen LogP contribution in [0.25, 0.3) is 0 Å². The Labute approximate surface area is 164 Å². The molecule has 0 aromatic heterocycles. The largest absolute Gasteiger partial charge is 0.396 e. The van der Waals surface area contributed by atoms with Crippen LogP contribution in [0.1, 0.15) is 30.6 Å². The summed E-state index contributed by atoms with van der Waals surface area (Å²) in [4.78, 5) is 13.0. The highest BCUT2D eigenvalue weighted by Gasteiger charge is 2.19. The molecule has 2 atom stereocenters. The number of anilines is 1. The molecule has 2 aromatic rings. The standard InChI is InChI=1S/C19H19ClF3NO2S/c1-3-11(9-25)10(2)27-17-6-12(4-5-14(17)20)19(26)24-13-7-15(21)18(23)16(22)8-13/h4-8,10-11,25H,3,9H2,1-2H3,(H,24,26). The van der Waals surface area contributed by atoms with Crippen LogP contribution in [0.3, 0.4) is 0 Å². The Morgan fingerprint density at radius 1 is 1.22 bits per heavy atom. The van der Waals surface area contributed by atoms with Gasteiger partial charge in [0.05, 0.1) is 5.02 Å². The second-order valence-electron chi connectivity index (χ2n) is 6.03. The number of carbonyl (C=O) groups excluding carboxylic acids is 1. The summed E-state index contributed by atoms with van der Waals surface area (Å²) in [7, 11) is 0. The quantitative estimate of drug-likeness (QED) is 0.461. The molecular weight excluding hydrogens is 399 g/mol. The van der Waals surface area contributed by atoms with E-state index in [9.17, 15) is 23.1 Å². The van der Waals surface area contributed by atoms with Crippen molar-refractivity contribution in [1.29, 1.82) is 0 Å². The number of aliphatic hydroxyl groups is 1. The van der Waals surface area contributed by atoms with Crippen molar-refractivity contribution in [3.63, 3.8) is 0 Å². The molecule has 0 saturated heterocycles. The van der Waals surface area contributed by atoms with E-state index in [-0.39, 0.29) is 29.0 Å². The van der Waals surface area contributed by atoms with E-state index >= 15 is 0 Å². The average molecular weight is 418 g/mol. The summed E-state index contributed by atoms with van der Waals surface area (Å²) in [6.45, 7) is 3.98. The third-order valence-electron chi connectivity index (χ3n) is 4.17. The predicted molar refractivity (Wildman–Crippen MR) is 102 cm³/mol. The second-order valence-corrected chi connectivity index (χ2v) is 7.85. The number of hydrogen-bond acceptors (Lipinski definition) is 3. The molecule has 0 bridgehead atoms. The van der Waals surface area contributed by atoms with Crippen LogP contribution < -0.4 is 5.32 Å². The van der Waals surface area contributed by atoms with Crippen molar-refractivity contribution >= 4 is 35.0 Å². The van der Waals surface area contributed by atoms with E-state index in [4.69, 9.17) is 11.6 Å². The van der Waals surface area contributed by atoms with Crippen molar-refractivity contribution in [2.45, 2.75) is 30.4 Å². The molecule has 8 heteroatoms. The molecule has 2 aromatic carbocycles. The lowest BCUT2D eigenvalue weighted by Gasteiger charge is -2.20. The number of benzene rings is 2. The van der Waals surface area contributed by atoms with Crippen LogP contribution in [0.5, 0.6) is 0 Å². The van der Waals surface area contributed by atoms with Crippen molar-refractivity contribution in [3.05, 3.63) is 58.4 Å². The first-order valence-electron chi connectivity index (χ1n) is 8.29. The SMILES string of the molecule is CCC(CO)C(C)Sc1cc(C(=O)Nc2cc(F)c(F)c(F)c2)ccc1Cl. The molecule has 0 aliphatic heterocycles. The van der Waals surface area contributed by atoms with Gasteiger partial charge in [-0.1, -0.05) is 31.9 Å². The zero-order chi connectivity index (χ0) is 20.1. The normalized spacial score (nSPS) is 13.3. The highest BCUT2D eigenvalue weighted by atomic mass is 35.5. The molecule has 0 radical (unpaired) electrons. The minimum Gasteiger partial charge on any atom is -0.396 e. The van der Waals surface area contributed by atoms with Crippen LogP contribution in [0, 0.1) is 23.4 Å². The molecule has 3 nitrogen and oxygen atoms in total. The molecule has 0 aliphatic rings. The van der Waals surface area contributed by atoms with E-state index in [1.807, 2.05) is 13.8 Å². The van der Waals surface area contributed by atoms with Crippen LogP contribution in [-0.2, 0) is 0 Å². The number of amides is 1. The lowest BCUT2D eigenvalue weighted by molar-refractivity contribution is 0.102. The zero-order valence-corrected chi connectivity index (χ0v) is 16.3. The Hall–Kier alpha value is -1.70. The van der Waals surface area contributed by atoms with Gasteiger partial charge in [0.2, 0.25) is 0 Å². The van der Waals surface area contributed by atoms with Crippen LogP contribution in [0.15, 0.2) is 35.2 Å². The minimum absolute atomic E-state index is 0.0458. The van der Waals surface area contributed by atoms with E-state index < -0.39 is 23.4 Å². The van der Waals surface area contributed by atoms with Crippen molar-refractivity contribution in [1.82, 2.24) is 0 Å². The predicted octanol–water partition coefficient (Wildman–Crippen LogP) is 5.51. The van der Waals surface area contributed by atoms with E-state index in [2.05, 4.69) is 5.32 Å². The van der Waals surface area contributed by atoms with Gasteiger partial charge in [0.1, 0.15) is 0 Å². The van der Waals surface area contributed by atoms with Crippen LogP contribution >= 0.6 is 23.4 Å². The molecule has 2 N–H and O–H groups in total. The van der Waals surface area contributed by atoms with Gasteiger partial charge in [-0.15, -0.1) is 11.8 Å². The highest BCUT2D eigenvalue weighted by Crippen LogP contribution is 2.35. The van der Waals surface area contributed by atoms with Crippen molar-refractivity contribution in [2.75, 3.05) is 11.9 Å². The fraction of sp³-hybridized carbons (Fsp3) is 0.316. The lowest BCUT2D eigenvalue weighted by Crippen LogP contribution is -2.17. The van der Waals surface area contributed by atoms with Gasteiger partial charge >= 0.3 is 0 Å². The maximum absolute atomic E-state index is 13.3.